The summed E-state index contributed by atoms with van der Waals surface area (Å²) in [4.78, 5) is 13.6. The summed E-state index contributed by atoms with van der Waals surface area (Å²) in [6.07, 6.45) is 0.597. The predicted molar refractivity (Wildman–Crippen MR) is 89.2 cm³/mol. The number of carbonyl (C=O) groups excluding carboxylic acids is 1. The molecule has 1 aromatic carbocycles. The topological polar surface area (TPSA) is 78.6 Å². The number of carbonyl (C=O) groups is 1. The molecule has 1 fully saturated rings. The molecular weight excluding hydrogens is 306 g/mol. The number of likely N-dealkylation sites (tertiary alicyclic amines) is 1. The maximum atomic E-state index is 11.5. The molecule has 128 valence electrons. The molecule has 0 unspecified atom stereocenters. The largest absolute Gasteiger partial charge is 0.391 e. The molecule has 0 saturated carbocycles. The van der Waals surface area contributed by atoms with E-state index in [1.54, 1.807) is 7.05 Å². The van der Waals surface area contributed by atoms with Crippen molar-refractivity contribution < 1.29 is 14.4 Å². The van der Waals surface area contributed by atoms with Crippen LogP contribution in [-0.4, -0.2) is 47.3 Å². The third-order valence-electron chi connectivity index (χ3n) is 4.42. The predicted octanol–water partition coefficient (Wildman–Crippen LogP) is 1.19. The van der Waals surface area contributed by atoms with Gasteiger partial charge >= 0.3 is 0 Å². The molecule has 0 bridgehead atoms. The minimum atomic E-state index is -0.474. The fraction of sp³-hybridized carbons (Fsp3) is 0.444. The van der Waals surface area contributed by atoms with Crippen LogP contribution in [0.15, 0.2) is 40.9 Å². The van der Waals surface area contributed by atoms with Gasteiger partial charge in [-0.1, -0.05) is 35.5 Å². The van der Waals surface area contributed by atoms with Gasteiger partial charge in [-0.15, -0.1) is 0 Å². The van der Waals surface area contributed by atoms with E-state index in [0.717, 1.165) is 17.9 Å². The summed E-state index contributed by atoms with van der Waals surface area (Å²) in [5, 5.41) is 16.8. The molecule has 2 heterocycles. The van der Waals surface area contributed by atoms with Crippen molar-refractivity contribution in [1.82, 2.24) is 15.4 Å². The van der Waals surface area contributed by atoms with Gasteiger partial charge in [0.2, 0.25) is 5.91 Å². The van der Waals surface area contributed by atoms with Crippen LogP contribution in [0.2, 0.25) is 0 Å². The Balaban J connectivity index is 1.54. The first-order valence-corrected chi connectivity index (χ1v) is 8.23. The zero-order chi connectivity index (χ0) is 16.9. The van der Waals surface area contributed by atoms with Crippen molar-refractivity contribution >= 4 is 5.91 Å². The number of aliphatic hydroxyl groups is 1. The molecule has 0 radical (unpaired) electrons. The molecule has 6 nitrogen and oxygen atoms in total. The highest BCUT2D eigenvalue weighted by molar-refractivity contribution is 5.75. The Labute approximate surface area is 141 Å². The Kier molecular flexibility index (Phi) is 5.27. The van der Waals surface area contributed by atoms with E-state index in [1.807, 2.05) is 24.3 Å². The van der Waals surface area contributed by atoms with Crippen LogP contribution >= 0.6 is 0 Å². The summed E-state index contributed by atoms with van der Waals surface area (Å²) in [6, 6.07) is 12.1. The Morgan fingerprint density at radius 1 is 1.38 bits per heavy atom. The van der Waals surface area contributed by atoms with Gasteiger partial charge in [-0.25, -0.2) is 0 Å². The average molecular weight is 329 g/mol. The van der Waals surface area contributed by atoms with Crippen molar-refractivity contribution in [3.63, 3.8) is 0 Å². The molecule has 0 aliphatic carbocycles. The van der Waals surface area contributed by atoms with Crippen LogP contribution in [0, 0.1) is 5.92 Å². The van der Waals surface area contributed by atoms with Gasteiger partial charge < -0.3 is 14.9 Å². The summed E-state index contributed by atoms with van der Waals surface area (Å²) in [7, 11) is 1.62. The molecular formula is C18H23N3O3. The molecule has 1 aliphatic rings. The van der Waals surface area contributed by atoms with E-state index < -0.39 is 6.10 Å². The van der Waals surface area contributed by atoms with E-state index in [-0.39, 0.29) is 11.8 Å². The van der Waals surface area contributed by atoms with Gasteiger partial charge in [-0.2, -0.15) is 0 Å². The van der Waals surface area contributed by atoms with E-state index in [1.165, 1.54) is 5.56 Å². The second-order valence-electron chi connectivity index (χ2n) is 6.35. The molecule has 24 heavy (non-hydrogen) atoms. The maximum absolute atomic E-state index is 11.5. The molecule has 1 saturated heterocycles. The molecule has 0 spiro atoms. The van der Waals surface area contributed by atoms with E-state index in [0.29, 0.717) is 26.1 Å². The number of hydrogen-bond donors (Lipinski definition) is 2. The lowest BCUT2D eigenvalue weighted by Crippen LogP contribution is -2.27. The van der Waals surface area contributed by atoms with Gasteiger partial charge in [-0.05, 0) is 5.56 Å². The number of hydrogen-bond acceptors (Lipinski definition) is 5. The third-order valence-corrected chi connectivity index (χ3v) is 4.42. The summed E-state index contributed by atoms with van der Waals surface area (Å²) in [6.45, 7) is 1.87. The SMILES string of the molecule is CNC(=O)C[C@@H]1CN(Cc2cc(Cc3ccccc3)on2)C[C@H]1O. The van der Waals surface area contributed by atoms with Gasteiger partial charge in [-0.3, -0.25) is 9.69 Å². The average Bonchev–Trinajstić information content (AvgIpc) is 3.15. The van der Waals surface area contributed by atoms with E-state index >= 15 is 0 Å². The van der Waals surface area contributed by atoms with Crippen molar-refractivity contribution in [2.75, 3.05) is 20.1 Å². The van der Waals surface area contributed by atoms with E-state index in [9.17, 15) is 9.90 Å². The highest BCUT2D eigenvalue weighted by Crippen LogP contribution is 2.22. The number of benzene rings is 1. The van der Waals surface area contributed by atoms with Crippen LogP contribution in [0.25, 0.3) is 0 Å². The lowest BCUT2D eigenvalue weighted by atomic mass is 10.0. The third kappa shape index (κ3) is 4.21. The van der Waals surface area contributed by atoms with Crippen molar-refractivity contribution in [3.8, 4) is 0 Å². The van der Waals surface area contributed by atoms with Crippen LogP contribution < -0.4 is 5.32 Å². The van der Waals surface area contributed by atoms with Gasteiger partial charge in [0.1, 0.15) is 5.76 Å². The van der Waals surface area contributed by atoms with Gasteiger partial charge in [0, 0.05) is 51.5 Å². The smallest absolute Gasteiger partial charge is 0.220 e. The van der Waals surface area contributed by atoms with Crippen molar-refractivity contribution in [3.05, 3.63) is 53.4 Å². The standard InChI is InChI=1S/C18H23N3O3/c1-19-18(23)8-14-10-21(12-17(14)22)11-15-9-16(24-20-15)7-13-5-3-2-4-6-13/h2-6,9,14,17,22H,7-8,10-12H2,1H3,(H,19,23)/t14-,17-/m1/s1. The number of rotatable bonds is 6. The van der Waals surface area contributed by atoms with Crippen LogP contribution in [0.5, 0.6) is 0 Å². The Bertz CT molecular complexity index is 671. The number of β-amino-alcohol motifs (C(OH)–C–C–N with tert-alkyl or cyclic N) is 1. The fourth-order valence-electron chi connectivity index (χ4n) is 3.15. The molecule has 1 aliphatic heterocycles. The molecule has 2 N–H and O–H groups in total. The summed E-state index contributed by atoms with van der Waals surface area (Å²) in [5.41, 5.74) is 2.04. The number of aliphatic hydroxyl groups excluding tert-OH is 1. The Hall–Kier alpha value is -2.18. The van der Waals surface area contributed by atoms with Crippen LogP contribution in [-0.2, 0) is 17.8 Å². The minimum absolute atomic E-state index is 0.0272. The Morgan fingerprint density at radius 3 is 2.92 bits per heavy atom. The lowest BCUT2D eigenvalue weighted by molar-refractivity contribution is -0.122. The Morgan fingerprint density at radius 2 is 2.17 bits per heavy atom. The molecule has 2 atom stereocenters. The fourth-order valence-corrected chi connectivity index (χ4v) is 3.15. The van der Waals surface area contributed by atoms with Crippen molar-refractivity contribution in [2.45, 2.75) is 25.5 Å². The van der Waals surface area contributed by atoms with E-state index in [2.05, 4.69) is 27.5 Å². The summed E-state index contributed by atoms with van der Waals surface area (Å²) >= 11 is 0. The number of nitrogens with zero attached hydrogens (tertiary/aromatic N) is 2. The van der Waals surface area contributed by atoms with Gasteiger partial charge in [0.25, 0.3) is 0 Å². The minimum Gasteiger partial charge on any atom is -0.391 e. The van der Waals surface area contributed by atoms with Crippen molar-refractivity contribution in [2.24, 2.45) is 5.92 Å². The zero-order valence-corrected chi connectivity index (χ0v) is 13.8. The second-order valence-corrected chi connectivity index (χ2v) is 6.35. The molecule has 2 aromatic rings. The molecule has 6 heteroatoms. The molecule has 1 aromatic heterocycles. The monoisotopic (exact) mass is 329 g/mol. The van der Waals surface area contributed by atoms with Crippen molar-refractivity contribution in [1.29, 1.82) is 0 Å². The molecule has 1 amide bonds. The van der Waals surface area contributed by atoms with Gasteiger partial charge in [0.05, 0.1) is 11.8 Å². The lowest BCUT2D eigenvalue weighted by Gasteiger charge is -2.13. The second kappa shape index (κ2) is 7.59. The normalized spacial score (nSPS) is 21.1. The quantitative estimate of drug-likeness (QED) is 0.832. The van der Waals surface area contributed by atoms with Crippen LogP contribution in [0.3, 0.4) is 0 Å². The summed E-state index contributed by atoms with van der Waals surface area (Å²) < 4.78 is 5.41. The first-order valence-electron chi connectivity index (χ1n) is 8.23. The van der Waals surface area contributed by atoms with Crippen LogP contribution in [0.1, 0.15) is 23.4 Å². The first kappa shape index (κ1) is 16.7. The van der Waals surface area contributed by atoms with Crippen LogP contribution in [0.4, 0.5) is 0 Å². The summed E-state index contributed by atoms with van der Waals surface area (Å²) in [5.74, 6) is 0.769. The van der Waals surface area contributed by atoms with E-state index in [4.69, 9.17) is 4.52 Å². The first-order chi connectivity index (χ1) is 11.6. The molecule has 3 rings (SSSR count). The number of amides is 1. The zero-order valence-electron chi connectivity index (χ0n) is 13.8. The maximum Gasteiger partial charge on any atom is 0.220 e. The number of nitrogens with one attached hydrogen (secondary N) is 1. The van der Waals surface area contributed by atoms with Gasteiger partial charge in [0.15, 0.2) is 0 Å². The highest BCUT2D eigenvalue weighted by Gasteiger charge is 2.32. The number of aromatic nitrogens is 1. The highest BCUT2D eigenvalue weighted by atomic mass is 16.5.